The van der Waals surface area contributed by atoms with Gasteiger partial charge >= 0.3 is 0 Å². The summed E-state index contributed by atoms with van der Waals surface area (Å²) in [6.45, 7) is 0. The van der Waals surface area contributed by atoms with Crippen LogP contribution in [0.2, 0.25) is 0 Å². The Morgan fingerprint density at radius 3 is 2.75 bits per heavy atom. The molecule has 0 amide bonds. The summed E-state index contributed by atoms with van der Waals surface area (Å²) in [7, 11) is 0. The van der Waals surface area contributed by atoms with Gasteiger partial charge in [0.25, 0.3) is 0 Å². The highest BCUT2D eigenvalue weighted by Gasteiger charge is 2.12. The molecule has 3 nitrogen and oxygen atoms in total. The Labute approximate surface area is 91.3 Å². The summed E-state index contributed by atoms with van der Waals surface area (Å²) in [6, 6.07) is 10.5. The van der Waals surface area contributed by atoms with Gasteiger partial charge < -0.3 is 8.83 Å². The van der Waals surface area contributed by atoms with E-state index < -0.39 is 0 Å². The molecular formula is C13H8O3. The van der Waals surface area contributed by atoms with Crippen LogP contribution in [0.1, 0.15) is 16.1 Å². The number of hydrogen-bond acceptors (Lipinski definition) is 3. The van der Waals surface area contributed by atoms with Crippen LogP contribution < -0.4 is 0 Å². The average molecular weight is 212 g/mol. The fraction of sp³-hybridized carbons (Fsp3) is 0. The molecule has 3 heteroatoms. The molecule has 0 spiro atoms. The third kappa shape index (κ3) is 1.34. The molecule has 0 atom stereocenters. The third-order valence-corrected chi connectivity index (χ3v) is 2.46. The summed E-state index contributed by atoms with van der Waals surface area (Å²) in [6.07, 6.45) is 3.09. The maximum atomic E-state index is 11.9. The van der Waals surface area contributed by atoms with Crippen LogP contribution in [0.15, 0.2) is 57.8 Å². The molecule has 0 fully saturated rings. The van der Waals surface area contributed by atoms with Crippen molar-refractivity contribution in [3.8, 4) is 0 Å². The van der Waals surface area contributed by atoms with Crippen molar-refractivity contribution in [1.29, 1.82) is 0 Å². The van der Waals surface area contributed by atoms with Gasteiger partial charge in [-0.3, -0.25) is 4.79 Å². The number of carbonyl (C=O) groups excluding carboxylic acids is 1. The van der Waals surface area contributed by atoms with Crippen LogP contribution in [0.4, 0.5) is 0 Å². The fourth-order valence-electron chi connectivity index (χ4n) is 1.66. The van der Waals surface area contributed by atoms with Crippen molar-refractivity contribution < 1.29 is 13.6 Å². The molecule has 1 aromatic carbocycles. The quantitative estimate of drug-likeness (QED) is 0.612. The van der Waals surface area contributed by atoms with Crippen molar-refractivity contribution in [3.05, 3.63) is 60.2 Å². The van der Waals surface area contributed by atoms with Gasteiger partial charge in [-0.2, -0.15) is 0 Å². The molecule has 0 radical (unpaired) electrons. The Morgan fingerprint density at radius 2 is 1.94 bits per heavy atom. The number of ketones is 1. The molecule has 78 valence electrons. The lowest BCUT2D eigenvalue weighted by molar-refractivity contribution is 0.101. The molecule has 0 N–H and O–H groups in total. The Morgan fingerprint density at radius 1 is 1.00 bits per heavy atom. The standard InChI is InChI=1S/C13H8O3/c14-13(12-2-1-6-15-12)10-3-4-11-9(8-10)5-7-16-11/h1-8H. The van der Waals surface area contributed by atoms with E-state index >= 15 is 0 Å². The van der Waals surface area contributed by atoms with E-state index in [-0.39, 0.29) is 5.78 Å². The number of furan rings is 2. The highest BCUT2D eigenvalue weighted by molar-refractivity contribution is 6.08. The summed E-state index contributed by atoms with van der Waals surface area (Å²) in [5.41, 5.74) is 1.37. The van der Waals surface area contributed by atoms with Gasteiger partial charge in [-0.1, -0.05) is 0 Å². The van der Waals surface area contributed by atoms with E-state index in [0.29, 0.717) is 11.3 Å². The van der Waals surface area contributed by atoms with E-state index in [9.17, 15) is 4.79 Å². The lowest BCUT2D eigenvalue weighted by Crippen LogP contribution is -1.98. The first-order valence-electron chi connectivity index (χ1n) is 4.90. The summed E-state index contributed by atoms with van der Waals surface area (Å²) >= 11 is 0. The van der Waals surface area contributed by atoms with Gasteiger partial charge in [0.1, 0.15) is 5.58 Å². The second-order valence-corrected chi connectivity index (χ2v) is 3.48. The van der Waals surface area contributed by atoms with E-state index in [1.54, 1.807) is 36.6 Å². The molecule has 0 saturated heterocycles. The molecule has 2 heterocycles. The van der Waals surface area contributed by atoms with Crippen molar-refractivity contribution in [3.63, 3.8) is 0 Å². The highest BCUT2D eigenvalue weighted by Crippen LogP contribution is 2.19. The maximum absolute atomic E-state index is 11.9. The van der Waals surface area contributed by atoms with Gasteiger partial charge in [0, 0.05) is 10.9 Å². The summed E-state index contributed by atoms with van der Waals surface area (Å²) in [5.74, 6) is 0.232. The highest BCUT2D eigenvalue weighted by atomic mass is 16.3. The zero-order valence-electron chi connectivity index (χ0n) is 8.34. The van der Waals surface area contributed by atoms with Crippen LogP contribution in [0.5, 0.6) is 0 Å². The van der Waals surface area contributed by atoms with Crippen molar-refractivity contribution in [1.82, 2.24) is 0 Å². The Hall–Kier alpha value is -2.29. The molecule has 0 aliphatic carbocycles. The van der Waals surface area contributed by atoms with Crippen LogP contribution in [0, 0.1) is 0 Å². The van der Waals surface area contributed by atoms with Crippen molar-refractivity contribution >= 4 is 16.8 Å². The van der Waals surface area contributed by atoms with Crippen molar-refractivity contribution in [2.45, 2.75) is 0 Å². The Balaban J connectivity index is 2.09. The van der Waals surface area contributed by atoms with E-state index in [4.69, 9.17) is 8.83 Å². The predicted molar refractivity (Wildman–Crippen MR) is 58.4 cm³/mol. The van der Waals surface area contributed by atoms with Gasteiger partial charge in [0.05, 0.1) is 12.5 Å². The second kappa shape index (κ2) is 3.38. The summed E-state index contributed by atoms with van der Waals surface area (Å²) in [5, 5.41) is 0.914. The second-order valence-electron chi connectivity index (χ2n) is 3.48. The van der Waals surface area contributed by atoms with Crippen LogP contribution in [-0.2, 0) is 0 Å². The van der Waals surface area contributed by atoms with Crippen LogP contribution in [0.3, 0.4) is 0 Å². The Bertz CT molecular complexity index is 632. The molecule has 0 saturated carbocycles. The van der Waals surface area contributed by atoms with E-state index in [1.165, 1.54) is 6.26 Å². The number of fused-ring (bicyclic) bond motifs is 1. The van der Waals surface area contributed by atoms with E-state index in [1.807, 2.05) is 6.07 Å². The normalized spacial score (nSPS) is 10.8. The minimum atomic E-state index is -0.117. The van der Waals surface area contributed by atoms with Gasteiger partial charge in [0.15, 0.2) is 5.76 Å². The maximum Gasteiger partial charge on any atom is 0.228 e. The molecule has 3 aromatic rings. The summed E-state index contributed by atoms with van der Waals surface area (Å²) in [4.78, 5) is 11.9. The van der Waals surface area contributed by atoms with E-state index in [2.05, 4.69) is 0 Å². The molecular weight excluding hydrogens is 204 g/mol. The van der Waals surface area contributed by atoms with Crippen LogP contribution >= 0.6 is 0 Å². The number of hydrogen-bond donors (Lipinski definition) is 0. The van der Waals surface area contributed by atoms with Gasteiger partial charge in [0.2, 0.25) is 5.78 Å². The molecule has 0 aliphatic rings. The number of benzene rings is 1. The summed E-state index contributed by atoms with van der Waals surface area (Å²) < 4.78 is 10.3. The molecule has 16 heavy (non-hydrogen) atoms. The number of carbonyl (C=O) groups is 1. The largest absolute Gasteiger partial charge is 0.464 e. The van der Waals surface area contributed by atoms with Crippen LogP contribution in [0.25, 0.3) is 11.0 Å². The topological polar surface area (TPSA) is 43.4 Å². The van der Waals surface area contributed by atoms with Gasteiger partial charge in [-0.15, -0.1) is 0 Å². The zero-order chi connectivity index (χ0) is 11.0. The molecule has 2 aromatic heterocycles. The molecule has 0 bridgehead atoms. The van der Waals surface area contributed by atoms with Crippen LogP contribution in [-0.4, -0.2) is 5.78 Å². The first kappa shape index (κ1) is 8.97. The van der Waals surface area contributed by atoms with E-state index in [0.717, 1.165) is 11.0 Å². The average Bonchev–Trinajstić information content (AvgIpc) is 2.98. The molecule has 0 unspecified atom stereocenters. The first-order chi connectivity index (χ1) is 7.84. The molecule has 3 rings (SSSR count). The lowest BCUT2D eigenvalue weighted by Gasteiger charge is -1.97. The number of rotatable bonds is 2. The zero-order valence-corrected chi connectivity index (χ0v) is 8.34. The fourth-order valence-corrected chi connectivity index (χ4v) is 1.66. The predicted octanol–water partition coefficient (Wildman–Crippen LogP) is 3.26. The third-order valence-electron chi connectivity index (χ3n) is 2.46. The molecule has 0 aliphatic heterocycles. The van der Waals surface area contributed by atoms with Gasteiger partial charge in [-0.05, 0) is 36.4 Å². The first-order valence-corrected chi connectivity index (χ1v) is 4.90. The SMILES string of the molecule is O=C(c1ccc2occc2c1)c1ccco1. The minimum absolute atomic E-state index is 0.117. The Kier molecular flexibility index (Phi) is 1.90. The lowest BCUT2D eigenvalue weighted by atomic mass is 10.1. The van der Waals surface area contributed by atoms with Crippen molar-refractivity contribution in [2.75, 3.05) is 0 Å². The van der Waals surface area contributed by atoms with Gasteiger partial charge in [-0.25, -0.2) is 0 Å². The minimum Gasteiger partial charge on any atom is -0.464 e. The smallest absolute Gasteiger partial charge is 0.228 e. The monoisotopic (exact) mass is 212 g/mol. The van der Waals surface area contributed by atoms with Crippen molar-refractivity contribution in [2.24, 2.45) is 0 Å².